The minimum absolute atomic E-state index is 0.0495. The summed E-state index contributed by atoms with van der Waals surface area (Å²) in [6.45, 7) is 1.92. The van der Waals surface area contributed by atoms with Crippen molar-refractivity contribution in [1.82, 2.24) is 0 Å². The van der Waals surface area contributed by atoms with Gasteiger partial charge >= 0.3 is 0 Å². The number of nitrogens with one attached hydrogen (secondary N) is 1. The molecule has 0 atom stereocenters. The smallest absolute Gasteiger partial charge is 0.269 e. The first-order valence-electron chi connectivity index (χ1n) is 7.76. The third-order valence-electron chi connectivity index (χ3n) is 3.93. The van der Waals surface area contributed by atoms with Gasteiger partial charge in [-0.15, -0.1) is 0 Å². The van der Waals surface area contributed by atoms with E-state index in [1.807, 2.05) is 43.3 Å². The molecule has 0 aromatic heterocycles. The number of hydrogen-bond acceptors (Lipinski definition) is 3. The lowest BCUT2D eigenvalue weighted by atomic mass is 10.0. The molecule has 0 unspecified atom stereocenters. The molecule has 0 spiro atoms. The fourth-order valence-corrected chi connectivity index (χ4v) is 2.50. The van der Waals surface area contributed by atoms with Crippen molar-refractivity contribution in [1.29, 1.82) is 0 Å². The van der Waals surface area contributed by atoms with Gasteiger partial charge in [-0.1, -0.05) is 30.3 Å². The van der Waals surface area contributed by atoms with Gasteiger partial charge < -0.3 is 5.32 Å². The molecule has 0 radical (unpaired) electrons. The molecule has 3 aromatic rings. The second-order valence-corrected chi connectivity index (χ2v) is 5.65. The van der Waals surface area contributed by atoms with Crippen LogP contribution in [-0.2, 0) is 0 Å². The van der Waals surface area contributed by atoms with E-state index in [-0.39, 0.29) is 11.6 Å². The molecule has 0 saturated heterocycles. The molecule has 0 bridgehead atoms. The summed E-state index contributed by atoms with van der Waals surface area (Å²) in [7, 11) is 0. The summed E-state index contributed by atoms with van der Waals surface area (Å²) in [4.78, 5) is 22.7. The number of benzene rings is 3. The minimum Gasteiger partial charge on any atom is -0.322 e. The molecule has 25 heavy (non-hydrogen) atoms. The van der Waals surface area contributed by atoms with Crippen molar-refractivity contribution >= 4 is 17.3 Å². The van der Waals surface area contributed by atoms with E-state index in [0.717, 1.165) is 16.7 Å². The number of rotatable bonds is 4. The highest BCUT2D eigenvalue weighted by molar-refractivity contribution is 6.04. The molecular weight excluding hydrogens is 316 g/mol. The van der Waals surface area contributed by atoms with Gasteiger partial charge in [-0.05, 0) is 53.9 Å². The van der Waals surface area contributed by atoms with E-state index in [1.54, 1.807) is 24.3 Å². The van der Waals surface area contributed by atoms with Crippen molar-refractivity contribution in [2.45, 2.75) is 6.92 Å². The number of non-ortho nitro benzene ring substituents is 1. The molecule has 0 heterocycles. The summed E-state index contributed by atoms with van der Waals surface area (Å²) in [6, 6.07) is 21.0. The lowest BCUT2D eigenvalue weighted by Gasteiger charge is -2.11. The SMILES string of the molecule is Cc1ccc(-c2ccc([N+](=O)[O-])cc2)cc1NC(=O)c1ccccc1. The molecule has 3 aromatic carbocycles. The lowest BCUT2D eigenvalue weighted by molar-refractivity contribution is -0.384. The average Bonchev–Trinajstić information content (AvgIpc) is 2.64. The van der Waals surface area contributed by atoms with Gasteiger partial charge in [-0.3, -0.25) is 14.9 Å². The maximum Gasteiger partial charge on any atom is 0.269 e. The highest BCUT2D eigenvalue weighted by Crippen LogP contribution is 2.27. The first-order chi connectivity index (χ1) is 12.0. The van der Waals surface area contributed by atoms with Crippen LogP contribution in [0.1, 0.15) is 15.9 Å². The summed E-state index contributed by atoms with van der Waals surface area (Å²) in [5, 5.41) is 13.7. The van der Waals surface area contributed by atoms with Gasteiger partial charge in [0.15, 0.2) is 0 Å². The van der Waals surface area contributed by atoms with Gasteiger partial charge in [0.05, 0.1) is 4.92 Å². The maximum absolute atomic E-state index is 12.3. The molecule has 0 aliphatic rings. The van der Waals surface area contributed by atoms with Gasteiger partial charge in [-0.25, -0.2) is 0 Å². The highest BCUT2D eigenvalue weighted by Gasteiger charge is 2.10. The molecule has 0 fully saturated rings. The summed E-state index contributed by atoms with van der Waals surface area (Å²) in [5.41, 5.74) is 4.01. The van der Waals surface area contributed by atoms with E-state index in [0.29, 0.717) is 11.3 Å². The summed E-state index contributed by atoms with van der Waals surface area (Å²) >= 11 is 0. The molecule has 5 heteroatoms. The molecule has 0 aliphatic carbocycles. The van der Waals surface area contributed by atoms with Gasteiger partial charge in [0, 0.05) is 23.4 Å². The van der Waals surface area contributed by atoms with Crippen LogP contribution in [-0.4, -0.2) is 10.8 Å². The number of hydrogen-bond donors (Lipinski definition) is 1. The van der Waals surface area contributed by atoms with Gasteiger partial charge in [-0.2, -0.15) is 0 Å². The van der Waals surface area contributed by atoms with E-state index in [9.17, 15) is 14.9 Å². The Morgan fingerprint density at radius 1 is 0.920 bits per heavy atom. The van der Waals surface area contributed by atoms with Crippen molar-refractivity contribution in [2.24, 2.45) is 0 Å². The maximum atomic E-state index is 12.3. The number of carbonyl (C=O) groups is 1. The molecule has 124 valence electrons. The molecule has 0 saturated carbocycles. The summed E-state index contributed by atoms with van der Waals surface area (Å²) in [5.74, 6) is -0.176. The molecule has 1 amide bonds. The Morgan fingerprint density at radius 2 is 1.56 bits per heavy atom. The third kappa shape index (κ3) is 3.72. The minimum atomic E-state index is -0.426. The van der Waals surface area contributed by atoms with Crippen LogP contribution in [0.15, 0.2) is 72.8 Å². The normalized spacial score (nSPS) is 10.3. The Balaban J connectivity index is 1.88. The van der Waals surface area contributed by atoms with Crippen LogP contribution in [0.3, 0.4) is 0 Å². The van der Waals surface area contributed by atoms with Crippen molar-refractivity contribution in [3.8, 4) is 11.1 Å². The quantitative estimate of drug-likeness (QED) is 0.550. The molecular formula is C20H16N2O3. The number of anilines is 1. The number of aryl methyl sites for hydroxylation is 1. The zero-order chi connectivity index (χ0) is 17.8. The average molecular weight is 332 g/mol. The largest absolute Gasteiger partial charge is 0.322 e. The Labute approximate surface area is 145 Å². The van der Waals surface area contributed by atoms with E-state index < -0.39 is 4.92 Å². The molecule has 0 aliphatic heterocycles. The molecule has 1 N–H and O–H groups in total. The van der Waals surface area contributed by atoms with Crippen LogP contribution < -0.4 is 5.32 Å². The summed E-state index contributed by atoms with van der Waals surface area (Å²) < 4.78 is 0. The summed E-state index contributed by atoms with van der Waals surface area (Å²) in [6.07, 6.45) is 0. The predicted molar refractivity (Wildman–Crippen MR) is 97.7 cm³/mol. The van der Waals surface area contributed by atoms with Crippen LogP contribution in [0.2, 0.25) is 0 Å². The Morgan fingerprint density at radius 3 is 2.20 bits per heavy atom. The zero-order valence-corrected chi connectivity index (χ0v) is 13.6. The van der Waals surface area contributed by atoms with Gasteiger partial charge in [0.2, 0.25) is 0 Å². The fourth-order valence-electron chi connectivity index (χ4n) is 2.50. The first kappa shape index (κ1) is 16.4. The number of nitro benzene ring substituents is 1. The van der Waals surface area contributed by atoms with Crippen LogP contribution in [0, 0.1) is 17.0 Å². The standard InChI is InChI=1S/C20H16N2O3/c1-14-7-8-17(15-9-11-18(12-10-15)22(24)25)13-19(14)21-20(23)16-5-3-2-4-6-16/h2-13H,1H3,(H,21,23). The Bertz CT molecular complexity index is 919. The Hall–Kier alpha value is -3.47. The van der Waals surface area contributed by atoms with Gasteiger partial charge in [0.25, 0.3) is 11.6 Å². The second-order valence-electron chi connectivity index (χ2n) is 5.65. The van der Waals surface area contributed by atoms with Crippen molar-refractivity contribution < 1.29 is 9.72 Å². The topological polar surface area (TPSA) is 72.2 Å². The van der Waals surface area contributed by atoms with E-state index in [4.69, 9.17) is 0 Å². The zero-order valence-electron chi connectivity index (χ0n) is 13.6. The van der Waals surface area contributed by atoms with Crippen LogP contribution in [0.4, 0.5) is 11.4 Å². The first-order valence-corrected chi connectivity index (χ1v) is 7.76. The predicted octanol–water partition coefficient (Wildman–Crippen LogP) is 4.82. The number of nitrogens with zero attached hydrogens (tertiary/aromatic N) is 1. The van der Waals surface area contributed by atoms with Crippen molar-refractivity contribution in [3.63, 3.8) is 0 Å². The second kappa shape index (κ2) is 6.97. The monoisotopic (exact) mass is 332 g/mol. The molecule has 5 nitrogen and oxygen atoms in total. The van der Waals surface area contributed by atoms with Crippen LogP contribution >= 0.6 is 0 Å². The van der Waals surface area contributed by atoms with Crippen LogP contribution in [0.25, 0.3) is 11.1 Å². The van der Waals surface area contributed by atoms with Gasteiger partial charge in [0.1, 0.15) is 0 Å². The fraction of sp³-hybridized carbons (Fsp3) is 0.0500. The molecule has 3 rings (SSSR count). The van der Waals surface area contributed by atoms with E-state index in [2.05, 4.69) is 5.32 Å². The third-order valence-corrected chi connectivity index (χ3v) is 3.93. The number of amides is 1. The lowest BCUT2D eigenvalue weighted by Crippen LogP contribution is -2.12. The Kier molecular flexibility index (Phi) is 4.57. The van der Waals surface area contributed by atoms with Crippen molar-refractivity contribution in [3.05, 3.63) is 94.0 Å². The van der Waals surface area contributed by atoms with E-state index >= 15 is 0 Å². The van der Waals surface area contributed by atoms with E-state index in [1.165, 1.54) is 12.1 Å². The number of nitro groups is 1. The highest BCUT2D eigenvalue weighted by atomic mass is 16.6. The van der Waals surface area contributed by atoms with Crippen molar-refractivity contribution in [2.75, 3.05) is 5.32 Å². The van der Waals surface area contributed by atoms with Crippen LogP contribution in [0.5, 0.6) is 0 Å². The number of carbonyl (C=O) groups excluding carboxylic acids is 1.